The maximum absolute atomic E-state index is 13.1. The second kappa shape index (κ2) is 10.4. The quantitative estimate of drug-likeness (QED) is 0.632. The number of hydrogen-bond acceptors (Lipinski definition) is 4. The monoisotopic (exact) mass is 457 g/mol. The third kappa shape index (κ3) is 7.03. The summed E-state index contributed by atoms with van der Waals surface area (Å²) in [4.78, 5) is 11.3. The van der Waals surface area contributed by atoms with Gasteiger partial charge in [0.15, 0.2) is 0 Å². The molecule has 1 aromatic carbocycles. The number of alkyl halides is 3. The van der Waals surface area contributed by atoms with Crippen molar-refractivity contribution in [2.24, 2.45) is 5.92 Å². The molecule has 32 heavy (non-hydrogen) atoms. The fourth-order valence-corrected chi connectivity index (χ4v) is 3.56. The van der Waals surface area contributed by atoms with Gasteiger partial charge >= 0.3 is 12.1 Å². The van der Waals surface area contributed by atoms with Gasteiger partial charge in [-0.1, -0.05) is 12.1 Å². The van der Waals surface area contributed by atoms with Gasteiger partial charge in [-0.2, -0.15) is 18.3 Å². The largest absolute Gasteiger partial charge is 0.490 e. The first kappa shape index (κ1) is 24.2. The van der Waals surface area contributed by atoms with E-state index in [0.29, 0.717) is 5.92 Å². The zero-order valence-electron chi connectivity index (χ0n) is 17.8. The van der Waals surface area contributed by atoms with Crippen LogP contribution in [-0.4, -0.2) is 51.7 Å². The minimum absolute atomic E-state index is 0.183. The van der Waals surface area contributed by atoms with Crippen molar-refractivity contribution in [2.45, 2.75) is 51.5 Å². The van der Waals surface area contributed by atoms with Gasteiger partial charge in [0.05, 0.1) is 12.3 Å². The predicted molar refractivity (Wildman–Crippen MR) is 108 cm³/mol. The molecular weight excluding hydrogens is 430 g/mol. The van der Waals surface area contributed by atoms with Crippen LogP contribution in [0.15, 0.2) is 30.5 Å². The number of aromatic nitrogens is 2. The van der Waals surface area contributed by atoms with E-state index in [1.165, 1.54) is 30.5 Å². The first-order chi connectivity index (χ1) is 15.2. The Morgan fingerprint density at radius 3 is 2.44 bits per heavy atom. The molecule has 1 aliphatic carbocycles. The molecule has 0 amide bonds. The second-order valence-electron chi connectivity index (χ2n) is 8.16. The minimum Gasteiger partial charge on any atom is -0.475 e. The standard InChI is InChI=1S/C20H26FN3O.C2HF3O2/c1-2-24-11-19-17(14-25-13-16-3-4-16)10-23(12-20(19)22-24)9-15-5-7-18(21)8-6-15;3-2(4,5)1(6)7/h5-8,11,16-17H,2-4,9-10,12-14H2,1H3;(H,6,7). The van der Waals surface area contributed by atoms with Crippen LogP contribution in [0.25, 0.3) is 0 Å². The van der Waals surface area contributed by atoms with Crippen LogP contribution in [0.3, 0.4) is 0 Å². The highest BCUT2D eigenvalue weighted by molar-refractivity contribution is 5.73. The van der Waals surface area contributed by atoms with Crippen LogP contribution in [0, 0.1) is 11.7 Å². The van der Waals surface area contributed by atoms with Crippen LogP contribution in [0.1, 0.15) is 42.5 Å². The highest BCUT2D eigenvalue weighted by atomic mass is 19.4. The van der Waals surface area contributed by atoms with Crippen LogP contribution in [0.5, 0.6) is 0 Å². The van der Waals surface area contributed by atoms with E-state index in [0.717, 1.165) is 56.6 Å². The summed E-state index contributed by atoms with van der Waals surface area (Å²) in [6, 6.07) is 6.81. The van der Waals surface area contributed by atoms with Crippen molar-refractivity contribution in [1.82, 2.24) is 14.7 Å². The number of rotatable bonds is 7. The predicted octanol–water partition coefficient (Wildman–Crippen LogP) is 4.20. The summed E-state index contributed by atoms with van der Waals surface area (Å²) in [5, 5.41) is 11.9. The molecule has 1 aromatic heterocycles. The van der Waals surface area contributed by atoms with Crippen LogP contribution >= 0.6 is 0 Å². The molecule has 6 nitrogen and oxygen atoms in total. The second-order valence-corrected chi connectivity index (χ2v) is 8.16. The molecule has 1 N–H and O–H groups in total. The normalized spacial score (nSPS) is 18.6. The van der Waals surface area contributed by atoms with Crippen molar-refractivity contribution in [3.05, 3.63) is 53.1 Å². The third-order valence-electron chi connectivity index (χ3n) is 5.42. The Morgan fingerprint density at radius 2 is 1.88 bits per heavy atom. The van der Waals surface area contributed by atoms with Crippen molar-refractivity contribution in [2.75, 3.05) is 19.8 Å². The molecule has 1 aliphatic heterocycles. The zero-order valence-corrected chi connectivity index (χ0v) is 17.8. The molecule has 2 heterocycles. The van der Waals surface area contributed by atoms with E-state index >= 15 is 0 Å². The van der Waals surface area contributed by atoms with Gasteiger partial charge in [0.25, 0.3) is 0 Å². The third-order valence-corrected chi connectivity index (χ3v) is 5.42. The number of carbonyl (C=O) groups is 1. The van der Waals surface area contributed by atoms with E-state index in [4.69, 9.17) is 19.7 Å². The molecule has 0 bridgehead atoms. The molecule has 1 atom stereocenters. The Labute approximate surface area is 183 Å². The number of carboxylic acid groups (broad SMARTS) is 1. The lowest BCUT2D eigenvalue weighted by Gasteiger charge is -2.32. The Morgan fingerprint density at radius 1 is 1.22 bits per heavy atom. The van der Waals surface area contributed by atoms with Crippen LogP contribution in [-0.2, 0) is 29.2 Å². The summed E-state index contributed by atoms with van der Waals surface area (Å²) >= 11 is 0. The van der Waals surface area contributed by atoms with Crippen LogP contribution < -0.4 is 0 Å². The van der Waals surface area contributed by atoms with Gasteiger partial charge in [0, 0.05) is 50.5 Å². The smallest absolute Gasteiger partial charge is 0.475 e. The van der Waals surface area contributed by atoms with Crippen molar-refractivity contribution >= 4 is 5.97 Å². The summed E-state index contributed by atoms with van der Waals surface area (Å²) in [6.45, 7) is 7.29. The van der Waals surface area contributed by atoms with Gasteiger partial charge in [0.1, 0.15) is 5.82 Å². The molecule has 2 aliphatic rings. The van der Waals surface area contributed by atoms with Crippen molar-refractivity contribution in [3.63, 3.8) is 0 Å². The highest BCUT2D eigenvalue weighted by Crippen LogP contribution is 2.32. The minimum atomic E-state index is -5.08. The summed E-state index contributed by atoms with van der Waals surface area (Å²) in [5.41, 5.74) is 3.64. The van der Waals surface area contributed by atoms with Crippen molar-refractivity contribution in [3.8, 4) is 0 Å². The molecular formula is C22H27F4N3O3. The van der Waals surface area contributed by atoms with E-state index in [1.807, 2.05) is 16.8 Å². The van der Waals surface area contributed by atoms with E-state index in [1.54, 1.807) is 0 Å². The van der Waals surface area contributed by atoms with Crippen LogP contribution in [0.2, 0.25) is 0 Å². The van der Waals surface area contributed by atoms with E-state index in [-0.39, 0.29) is 5.82 Å². The fourth-order valence-electron chi connectivity index (χ4n) is 3.56. The summed E-state index contributed by atoms with van der Waals surface area (Å²) in [7, 11) is 0. The zero-order chi connectivity index (χ0) is 23.3. The molecule has 1 fully saturated rings. The topological polar surface area (TPSA) is 67.6 Å². The molecule has 0 saturated heterocycles. The SMILES string of the molecule is CCn1cc2c(n1)CN(Cc1ccc(F)cc1)CC2COCC1CC1.O=C(O)C(F)(F)F. The number of benzene rings is 1. The number of fused-ring (bicyclic) bond motifs is 1. The molecule has 176 valence electrons. The Hall–Kier alpha value is -2.46. The van der Waals surface area contributed by atoms with E-state index < -0.39 is 12.1 Å². The average molecular weight is 457 g/mol. The number of nitrogens with zero attached hydrogens (tertiary/aromatic N) is 3. The van der Waals surface area contributed by atoms with Crippen molar-refractivity contribution in [1.29, 1.82) is 0 Å². The number of aliphatic carboxylic acids is 1. The summed E-state index contributed by atoms with van der Waals surface area (Å²) in [6.07, 6.45) is -0.254. The molecule has 2 aromatic rings. The number of carboxylic acids is 1. The summed E-state index contributed by atoms with van der Waals surface area (Å²) in [5.74, 6) is -1.79. The molecule has 10 heteroatoms. The Bertz CT molecular complexity index is 895. The van der Waals surface area contributed by atoms with Crippen LogP contribution in [0.4, 0.5) is 17.6 Å². The van der Waals surface area contributed by atoms with Gasteiger partial charge in [-0.25, -0.2) is 9.18 Å². The molecule has 1 saturated carbocycles. The maximum atomic E-state index is 13.1. The van der Waals surface area contributed by atoms with E-state index in [9.17, 15) is 17.6 Å². The number of halogens is 4. The molecule has 1 unspecified atom stereocenters. The number of ether oxygens (including phenoxy) is 1. The summed E-state index contributed by atoms with van der Waals surface area (Å²) < 4.78 is 52.9. The van der Waals surface area contributed by atoms with Gasteiger partial charge in [-0.15, -0.1) is 0 Å². The number of aryl methyl sites for hydroxylation is 1. The van der Waals surface area contributed by atoms with Gasteiger partial charge in [0.2, 0.25) is 0 Å². The lowest BCUT2D eigenvalue weighted by atomic mass is 9.95. The average Bonchev–Trinajstić information content (AvgIpc) is 3.46. The van der Waals surface area contributed by atoms with Gasteiger partial charge < -0.3 is 9.84 Å². The van der Waals surface area contributed by atoms with Gasteiger partial charge in [-0.3, -0.25) is 9.58 Å². The first-order valence-electron chi connectivity index (χ1n) is 10.6. The van der Waals surface area contributed by atoms with Crippen molar-refractivity contribution < 1.29 is 32.2 Å². The molecule has 0 radical (unpaired) electrons. The van der Waals surface area contributed by atoms with E-state index in [2.05, 4.69) is 18.0 Å². The lowest BCUT2D eigenvalue weighted by Crippen LogP contribution is -2.34. The maximum Gasteiger partial charge on any atom is 0.490 e. The molecule has 4 rings (SSSR count). The van der Waals surface area contributed by atoms with Gasteiger partial charge in [-0.05, 0) is 43.4 Å². The Kier molecular flexibility index (Phi) is 7.89. The first-order valence-corrected chi connectivity index (χ1v) is 10.6. The lowest BCUT2D eigenvalue weighted by molar-refractivity contribution is -0.192. The molecule has 0 spiro atoms. The Balaban J connectivity index is 0.000000360. The number of hydrogen-bond donors (Lipinski definition) is 1. The highest BCUT2D eigenvalue weighted by Gasteiger charge is 2.38. The fraction of sp³-hybridized carbons (Fsp3) is 0.545.